The minimum Gasteiger partial charge on any atom is -0.378 e. The van der Waals surface area contributed by atoms with Gasteiger partial charge in [0.05, 0.1) is 13.2 Å². The van der Waals surface area contributed by atoms with E-state index in [0.29, 0.717) is 31.0 Å². The maximum absolute atomic E-state index is 14.1. The predicted octanol–water partition coefficient (Wildman–Crippen LogP) is 3.11. The number of halogens is 1. The van der Waals surface area contributed by atoms with Crippen LogP contribution in [0.4, 0.5) is 10.2 Å². The smallest absolute Gasteiger partial charge is 0.180 e. The summed E-state index contributed by atoms with van der Waals surface area (Å²) in [5, 5.41) is 0. The first-order valence-electron chi connectivity index (χ1n) is 8.65. The van der Waals surface area contributed by atoms with E-state index in [1.54, 1.807) is 24.5 Å². The van der Waals surface area contributed by atoms with E-state index >= 15 is 0 Å². The summed E-state index contributed by atoms with van der Waals surface area (Å²) in [5.74, 6) is 1.19. The Kier molecular flexibility index (Phi) is 4.84. The van der Waals surface area contributed by atoms with Crippen LogP contribution in [0, 0.1) is 5.82 Å². The summed E-state index contributed by atoms with van der Waals surface area (Å²) in [6.45, 7) is 2.82. The molecule has 3 aromatic rings. The SMILES string of the molecule is Fc1ccccc1Cc1cnc(-c2ccccn2)nc1N1CCOCC1. The number of rotatable bonds is 4. The van der Waals surface area contributed by atoms with Crippen LogP contribution in [0.15, 0.2) is 54.9 Å². The fraction of sp³-hybridized carbons (Fsp3) is 0.250. The lowest BCUT2D eigenvalue weighted by atomic mass is 10.1. The average molecular weight is 350 g/mol. The highest BCUT2D eigenvalue weighted by atomic mass is 19.1. The zero-order valence-electron chi connectivity index (χ0n) is 14.3. The molecule has 0 amide bonds. The number of pyridine rings is 1. The fourth-order valence-corrected chi connectivity index (χ4v) is 3.04. The summed E-state index contributed by atoms with van der Waals surface area (Å²) in [5.41, 5.74) is 2.26. The first kappa shape index (κ1) is 16.6. The third kappa shape index (κ3) is 3.55. The van der Waals surface area contributed by atoms with E-state index in [2.05, 4.69) is 14.9 Å². The van der Waals surface area contributed by atoms with Crippen molar-refractivity contribution in [2.24, 2.45) is 0 Å². The Labute approximate surface area is 151 Å². The van der Waals surface area contributed by atoms with Crippen molar-refractivity contribution in [2.75, 3.05) is 31.2 Å². The van der Waals surface area contributed by atoms with Gasteiger partial charge in [-0.1, -0.05) is 24.3 Å². The highest BCUT2D eigenvalue weighted by Crippen LogP contribution is 2.25. The Morgan fingerprint density at radius 1 is 0.962 bits per heavy atom. The van der Waals surface area contributed by atoms with Crippen LogP contribution >= 0.6 is 0 Å². The number of hydrogen-bond acceptors (Lipinski definition) is 5. The topological polar surface area (TPSA) is 51.1 Å². The first-order chi connectivity index (χ1) is 12.8. The largest absolute Gasteiger partial charge is 0.378 e. The van der Waals surface area contributed by atoms with Crippen molar-refractivity contribution in [3.63, 3.8) is 0 Å². The highest BCUT2D eigenvalue weighted by Gasteiger charge is 2.19. The van der Waals surface area contributed by atoms with E-state index < -0.39 is 0 Å². The van der Waals surface area contributed by atoms with Crippen molar-refractivity contribution in [2.45, 2.75) is 6.42 Å². The van der Waals surface area contributed by atoms with Gasteiger partial charge >= 0.3 is 0 Å². The fourth-order valence-electron chi connectivity index (χ4n) is 3.04. The molecule has 0 N–H and O–H groups in total. The predicted molar refractivity (Wildman–Crippen MR) is 97.5 cm³/mol. The molecule has 1 fully saturated rings. The molecule has 5 nitrogen and oxygen atoms in total. The van der Waals surface area contributed by atoms with Crippen LogP contribution in [0.5, 0.6) is 0 Å². The Bertz CT molecular complexity index is 882. The molecule has 0 saturated carbocycles. The summed E-state index contributed by atoms with van der Waals surface area (Å²) in [7, 11) is 0. The van der Waals surface area contributed by atoms with Gasteiger partial charge in [-0.3, -0.25) is 4.98 Å². The van der Waals surface area contributed by atoms with Gasteiger partial charge in [0, 0.05) is 37.5 Å². The molecule has 1 aliphatic heterocycles. The number of morpholine rings is 1. The van der Waals surface area contributed by atoms with Crippen molar-refractivity contribution >= 4 is 5.82 Å². The number of hydrogen-bond donors (Lipinski definition) is 0. The Balaban J connectivity index is 1.73. The zero-order valence-corrected chi connectivity index (χ0v) is 14.3. The molecule has 3 heterocycles. The molecule has 0 unspecified atom stereocenters. The third-order valence-electron chi connectivity index (χ3n) is 4.39. The van der Waals surface area contributed by atoms with Crippen molar-refractivity contribution in [1.82, 2.24) is 15.0 Å². The van der Waals surface area contributed by atoms with Crippen LogP contribution in [0.2, 0.25) is 0 Å². The molecule has 1 aromatic carbocycles. The van der Waals surface area contributed by atoms with E-state index in [0.717, 1.165) is 30.2 Å². The van der Waals surface area contributed by atoms with Crippen LogP contribution in [-0.4, -0.2) is 41.3 Å². The lowest BCUT2D eigenvalue weighted by Gasteiger charge is -2.29. The molecule has 0 spiro atoms. The van der Waals surface area contributed by atoms with Gasteiger partial charge in [-0.2, -0.15) is 0 Å². The van der Waals surface area contributed by atoms with Crippen LogP contribution in [0.25, 0.3) is 11.5 Å². The average Bonchev–Trinajstić information content (AvgIpc) is 2.71. The molecule has 1 aliphatic rings. The molecule has 0 radical (unpaired) electrons. The van der Waals surface area contributed by atoms with E-state index in [1.807, 2.05) is 24.3 Å². The lowest BCUT2D eigenvalue weighted by molar-refractivity contribution is 0.122. The van der Waals surface area contributed by atoms with Crippen molar-refractivity contribution < 1.29 is 9.13 Å². The zero-order chi connectivity index (χ0) is 17.8. The van der Waals surface area contributed by atoms with Gasteiger partial charge < -0.3 is 9.64 Å². The second-order valence-corrected chi connectivity index (χ2v) is 6.13. The summed E-state index contributed by atoms with van der Waals surface area (Å²) >= 11 is 0. The second kappa shape index (κ2) is 7.58. The van der Waals surface area contributed by atoms with Gasteiger partial charge in [-0.25, -0.2) is 14.4 Å². The molecule has 132 valence electrons. The highest BCUT2D eigenvalue weighted by molar-refractivity contribution is 5.56. The monoisotopic (exact) mass is 350 g/mol. The summed E-state index contributed by atoms with van der Waals surface area (Å²) in [6, 6.07) is 12.5. The maximum atomic E-state index is 14.1. The molecular weight excluding hydrogens is 331 g/mol. The first-order valence-corrected chi connectivity index (χ1v) is 8.65. The van der Waals surface area contributed by atoms with E-state index in [9.17, 15) is 4.39 Å². The van der Waals surface area contributed by atoms with Gasteiger partial charge in [0.25, 0.3) is 0 Å². The number of nitrogens with zero attached hydrogens (tertiary/aromatic N) is 4. The molecule has 0 aliphatic carbocycles. The Morgan fingerprint density at radius 3 is 2.54 bits per heavy atom. The number of benzene rings is 1. The van der Waals surface area contributed by atoms with Gasteiger partial charge in [-0.05, 0) is 23.8 Å². The van der Waals surface area contributed by atoms with Crippen LogP contribution in [-0.2, 0) is 11.2 Å². The molecule has 6 heteroatoms. The standard InChI is InChI=1S/C20H19FN4O/c21-17-6-2-1-5-15(17)13-16-14-23-19(18-7-3-4-8-22-18)24-20(16)25-9-11-26-12-10-25/h1-8,14H,9-13H2. The molecule has 1 saturated heterocycles. The minimum atomic E-state index is -0.214. The van der Waals surface area contributed by atoms with Crippen molar-refractivity contribution in [3.05, 3.63) is 71.8 Å². The van der Waals surface area contributed by atoms with E-state index in [1.165, 1.54) is 6.07 Å². The normalized spacial score (nSPS) is 14.4. The molecule has 26 heavy (non-hydrogen) atoms. The van der Waals surface area contributed by atoms with Crippen molar-refractivity contribution in [1.29, 1.82) is 0 Å². The second-order valence-electron chi connectivity index (χ2n) is 6.13. The summed E-state index contributed by atoms with van der Waals surface area (Å²) in [6.07, 6.45) is 3.95. The Hall–Kier alpha value is -2.86. The van der Waals surface area contributed by atoms with Crippen LogP contribution < -0.4 is 4.90 Å². The summed E-state index contributed by atoms with van der Waals surface area (Å²) < 4.78 is 19.6. The van der Waals surface area contributed by atoms with Gasteiger partial charge in [0.15, 0.2) is 5.82 Å². The lowest BCUT2D eigenvalue weighted by Crippen LogP contribution is -2.37. The van der Waals surface area contributed by atoms with Crippen molar-refractivity contribution in [3.8, 4) is 11.5 Å². The molecule has 0 atom stereocenters. The quantitative estimate of drug-likeness (QED) is 0.724. The number of anilines is 1. The maximum Gasteiger partial charge on any atom is 0.180 e. The van der Waals surface area contributed by atoms with Crippen LogP contribution in [0.3, 0.4) is 0 Å². The van der Waals surface area contributed by atoms with Gasteiger partial charge in [0.2, 0.25) is 0 Å². The number of ether oxygens (including phenoxy) is 1. The molecular formula is C20H19FN4O. The van der Waals surface area contributed by atoms with E-state index in [-0.39, 0.29) is 5.82 Å². The molecule has 4 rings (SSSR count). The number of aromatic nitrogens is 3. The third-order valence-corrected chi connectivity index (χ3v) is 4.39. The van der Waals surface area contributed by atoms with Crippen LogP contribution in [0.1, 0.15) is 11.1 Å². The minimum absolute atomic E-state index is 0.214. The molecule has 2 aromatic heterocycles. The van der Waals surface area contributed by atoms with Gasteiger partial charge in [0.1, 0.15) is 17.3 Å². The van der Waals surface area contributed by atoms with Gasteiger partial charge in [-0.15, -0.1) is 0 Å². The molecule has 0 bridgehead atoms. The summed E-state index contributed by atoms with van der Waals surface area (Å²) in [4.78, 5) is 15.8. The van der Waals surface area contributed by atoms with E-state index in [4.69, 9.17) is 9.72 Å². The Morgan fingerprint density at radius 2 is 1.77 bits per heavy atom.